The first-order valence-corrected chi connectivity index (χ1v) is 7.72. The number of halogens is 2. The molecule has 2 aromatic rings. The summed E-state index contributed by atoms with van der Waals surface area (Å²) in [5.41, 5.74) is 1.05. The van der Waals surface area contributed by atoms with Crippen LogP contribution in [0.2, 0.25) is 0 Å². The highest BCUT2D eigenvalue weighted by atomic mass is 19.3. The topological polar surface area (TPSA) is 67.4 Å². The van der Waals surface area contributed by atoms with Gasteiger partial charge in [-0.05, 0) is 42.8 Å². The largest absolute Gasteiger partial charge is 0.435 e. The molecule has 0 aliphatic heterocycles. The van der Waals surface area contributed by atoms with Crippen LogP contribution < -0.4 is 15.4 Å². The van der Waals surface area contributed by atoms with E-state index in [1.54, 1.807) is 24.3 Å². The first-order valence-electron chi connectivity index (χ1n) is 7.72. The molecule has 0 aliphatic rings. The Balaban J connectivity index is 1.68. The standard InChI is InChI=1S/C18H18F2N2O3/c19-18(20)25-15-10-8-14(9-11-15)22-16(23)7-4-12-21-17(24)13-5-2-1-3-6-13/h1-3,5-6,8-11,18H,4,7,12H2,(H,21,24)(H,22,23). The predicted molar refractivity (Wildman–Crippen MR) is 89.7 cm³/mol. The lowest BCUT2D eigenvalue weighted by molar-refractivity contribution is -0.116. The molecule has 2 N–H and O–H groups in total. The van der Waals surface area contributed by atoms with Crippen molar-refractivity contribution in [2.75, 3.05) is 11.9 Å². The average Bonchev–Trinajstić information content (AvgIpc) is 2.60. The highest BCUT2D eigenvalue weighted by Crippen LogP contribution is 2.17. The van der Waals surface area contributed by atoms with Gasteiger partial charge in [0.25, 0.3) is 5.91 Å². The number of benzene rings is 2. The van der Waals surface area contributed by atoms with Crippen LogP contribution in [-0.4, -0.2) is 25.0 Å². The van der Waals surface area contributed by atoms with Crippen LogP contribution in [0, 0.1) is 0 Å². The second-order valence-corrected chi connectivity index (χ2v) is 5.18. The molecular weight excluding hydrogens is 330 g/mol. The molecule has 0 spiro atoms. The molecule has 2 rings (SSSR count). The van der Waals surface area contributed by atoms with Gasteiger partial charge in [-0.3, -0.25) is 9.59 Å². The SMILES string of the molecule is O=C(CCCNC(=O)c1ccccc1)Nc1ccc(OC(F)F)cc1. The Morgan fingerprint density at radius 2 is 1.68 bits per heavy atom. The van der Waals surface area contributed by atoms with E-state index in [1.165, 1.54) is 24.3 Å². The molecule has 132 valence electrons. The number of rotatable bonds is 8. The fraction of sp³-hybridized carbons (Fsp3) is 0.222. The summed E-state index contributed by atoms with van der Waals surface area (Å²) in [5, 5.41) is 5.38. The molecule has 0 fully saturated rings. The fourth-order valence-corrected chi connectivity index (χ4v) is 2.09. The smallest absolute Gasteiger partial charge is 0.387 e. The minimum absolute atomic E-state index is 0.0247. The number of hydrogen-bond donors (Lipinski definition) is 2. The summed E-state index contributed by atoms with van der Waals surface area (Å²) < 4.78 is 28.3. The summed E-state index contributed by atoms with van der Waals surface area (Å²) in [4.78, 5) is 23.6. The molecule has 0 aromatic heterocycles. The lowest BCUT2D eigenvalue weighted by Gasteiger charge is -2.08. The van der Waals surface area contributed by atoms with Crippen molar-refractivity contribution in [2.45, 2.75) is 19.5 Å². The van der Waals surface area contributed by atoms with Gasteiger partial charge in [0.05, 0.1) is 0 Å². The van der Waals surface area contributed by atoms with Crippen molar-refractivity contribution < 1.29 is 23.1 Å². The molecule has 0 aliphatic carbocycles. The molecule has 0 unspecified atom stereocenters. The maximum Gasteiger partial charge on any atom is 0.387 e. The van der Waals surface area contributed by atoms with E-state index in [1.807, 2.05) is 6.07 Å². The molecule has 2 aromatic carbocycles. The molecule has 0 saturated carbocycles. The number of carbonyl (C=O) groups is 2. The van der Waals surface area contributed by atoms with E-state index in [-0.39, 0.29) is 24.0 Å². The zero-order valence-electron chi connectivity index (χ0n) is 13.4. The van der Waals surface area contributed by atoms with E-state index >= 15 is 0 Å². The van der Waals surface area contributed by atoms with Gasteiger partial charge < -0.3 is 15.4 Å². The summed E-state index contributed by atoms with van der Waals surface area (Å²) >= 11 is 0. The van der Waals surface area contributed by atoms with E-state index in [0.717, 1.165) is 0 Å². The number of amides is 2. The van der Waals surface area contributed by atoms with E-state index in [9.17, 15) is 18.4 Å². The second-order valence-electron chi connectivity index (χ2n) is 5.18. The third-order valence-corrected chi connectivity index (χ3v) is 3.27. The number of ether oxygens (including phenoxy) is 1. The molecule has 25 heavy (non-hydrogen) atoms. The lowest BCUT2D eigenvalue weighted by atomic mass is 10.2. The highest BCUT2D eigenvalue weighted by molar-refractivity contribution is 5.94. The van der Waals surface area contributed by atoms with Crippen LogP contribution in [0.25, 0.3) is 0 Å². The van der Waals surface area contributed by atoms with Crippen LogP contribution in [0.15, 0.2) is 54.6 Å². The van der Waals surface area contributed by atoms with E-state index in [0.29, 0.717) is 24.2 Å². The summed E-state index contributed by atoms with van der Waals surface area (Å²) in [6.45, 7) is -2.51. The van der Waals surface area contributed by atoms with Crippen molar-refractivity contribution >= 4 is 17.5 Å². The van der Waals surface area contributed by atoms with Crippen LogP contribution in [0.1, 0.15) is 23.2 Å². The maximum atomic E-state index is 12.0. The normalized spacial score (nSPS) is 10.4. The van der Waals surface area contributed by atoms with Crippen molar-refractivity contribution in [1.82, 2.24) is 5.32 Å². The minimum atomic E-state index is -2.88. The zero-order valence-corrected chi connectivity index (χ0v) is 13.4. The molecular formula is C18H18F2N2O3. The molecule has 7 heteroatoms. The Morgan fingerprint density at radius 1 is 1.00 bits per heavy atom. The molecule has 0 atom stereocenters. The summed E-state index contributed by atoms with van der Waals surface area (Å²) in [6.07, 6.45) is 0.710. The molecule has 0 heterocycles. The van der Waals surface area contributed by atoms with Crippen molar-refractivity contribution in [3.8, 4) is 5.75 Å². The molecule has 0 saturated heterocycles. The number of hydrogen-bond acceptors (Lipinski definition) is 3. The van der Waals surface area contributed by atoms with Gasteiger partial charge >= 0.3 is 6.61 Å². The van der Waals surface area contributed by atoms with Gasteiger partial charge in [0.15, 0.2) is 0 Å². The van der Waals surface area contributed by atoms with Gasteiger partial charge in [-0.15, -0.1) is 0 Å². The number of nitrogens with one attached hydrogen (secondary N) is 2. The summed E-state index contributed by atoms with van der Waals surface area (Å²) in [6, 6.07) is 14.5. The fourth-order valence-electron chi connectivity index (χ4n) is 2.09. The number of anilines is 1. The Bertz CT molecular complexity index is 691. The van der Waals surface area contributed by atoms with Crippen molar-refractivity contribution in [3.63, 3.8) is 0 Å². The average molecular weight is 348 g/mol. The van der Waals surface area contributed by atoms with Crippen LogP contribution in [0.5, 0.6) is 5.75 Å². The van der Waals surface area contributed by atoms with Crippen molar-refractivity contribution in [1.29, 1.82) is 0 Å². The Hall–Kier alpha value is -2.96. The Morgan fingerprint density at radius 3 is 2.32 bits per heavy atom. The molecule has 0 radical (unpaired) electrons. The van der Waals surface area contributed by atoms with Gasteiger partial charge in [-0.25, -0.2) is 0 Å². The maximum absolute atomic E-state index is 12.0. The van der Waals surface area contributed by atoms with E-state index in [4.69, 9.17) is 0 Å². The monoisotopic (exact) mass is 348 g/mol. The van der Waals surface area contributed by atoms with Crippen LogP contribution in [-0.2, 0) is 4.79 Å². The van der Waals surface area contributed by atoms with Crippen molar-refractivity contribution in [3.05, 3.63) is 60.2 Å². The molecule has 5 nitrogen and oxygen atoms in total. The third kappa shape index (κ3) is 6.58. The van der Waals surface area contributed by atoms with Gasteiger partial charge in [0, 0.05) is 24.2 Å². The van der Waals surface area contributed by atoms with E-state index in [2.05, 4.69) is 15.4 Å². The van der Waals surface area contributed by atoms with Gasteiger partial charge in [0.2, 0.25) is 5.91 Å². The van der Waals surface area contributed by atoms with E-state index < -0.39 is 6.61 Å². The van der Waals surface area contributed by atoms with Crippen molar-refractivity contribution in [2.24, 2.45) is 0 Å². The van der Waals surface area contributed by atoms with Crippen LogP contribution in [0.3, 0.4) is 0 Å². The number of alkyl halides is 2. The number of carbonyl (C=O) groups excluding carboxylic acids is 2. The zero-order chi connectivity index (χ0) is 18.1. The Kier molecular flexibility index (Phi) is 6.88. The van der Waals surface area contributed by atoms with Gasteiger partial charge in [-0.2, -0.15) is 8.78 Å². The lowest BCUT2D eigenvalue weighted by Crippen LogP contribution is -2.25. The highest BCUT2D eigenvalue weighted by Gasteiger charge is 2.07. The van der Waals surface area contributed by atoms with Crippen LogP contribution in [0.4, 0.5) is 14.5 Å². The quantitative estimate of drug-likeness (QED) is 0.718. The first kappa shape index (κ1) is 18.4. The molecule has 0 bridgehead atoms. The Labute approximate surface area is 144 Å². The van der Waals surface area contributed by atoms with Gasteiger partial charge in [0.1, 0.15) is 5.75 Å². The summed E-state index contributed by atoms with van der Waals surface area (Å²) in [5.74, 6) is -0.385. The van der Waals surface area contributed by atoms with Gasteiger partial charge in [-0.1, -0.05) is 18.2 Å². The second kappa shape index (κ2) is 9.36. The summed E-state index contributed by atoms with van der Waals surface area (Å²) in [7, 11) is 0. The predicted octanol–water partition coefficient (Wildman–Crippen LogP) is 3.44. The third-order valence-electron chi connectivity index (χ3n) is 3.27. The van der Waals surface area contributed by atoms with Crippen LogP contribution >= 0.6 is 0 Å². The molecule has 2 amide bonds. The minimum Gasteiger partial charge on any atom is -0.435 e. The first-order chi connectivity index (χ1) is 12.0.